The van der Waals surface area contributed by atoms with Crippen LogP contribution in [0.15, 0.2) is 36.5 Å². The first-order valence-electron chi connectivity index (χ1n) is 11.2. The Hall–Kier alpha value is -2.61. The minimum absolute atomic E-state index is 0.0905. The van der Waals surface area contributed by atoms with Crippen molar-refractivity contribution in [1.29, 1.82) is 0 Å². The van der Waals surface area contributed by atoms with Gasteiger partial charge in [0.05, 0.1) is 12.1 Å². The Balaban J connectivity index is 1.44. The average Bonchev–Trinajstić information content (AvgIpc) is 3.21. The maximum Gasteiger partial charge on any atom is 0.401 e. The Kier molecular flexibility index (Phi) is 6.69. The fourth-order valence-corrected chi connectivity index (χ4v) is 4.77. The Bertz CT molecular complexity index is 939. The van der Waals surface area contributed by atoms with Gasteiger partial charge in [-0.05, 0) is 48.9 Å². The van der Waals surface area contributed by atoms with E-state index in [2.05, 4.69) is 10.3 Å². The molecule has 1 aliphatic carbocycles. The SMILES string of the molecule is Nc1ncc(-c2ccc(C3CCN(CC(F)(F)F)C3)cc2)cc1C(=O)NC1CCCCC1. The van der Waals surface area contributed by atoms with E-state index in [4.69, 9.17) is 5.73 Å². The molecular weight excluding hydrogens is 417 g/mol. The molecule has 1 aliphatic heterocycles. The Morgan fingerprint density at radius 2 is 1.81 bits per heavy atom. The quantitative estimate of drug-likeness (QED) is 0.696. The van der Waals surface area contributed by atoms with Crippen LogP contribution in [0, 0.1) is 0 Å². The van der Waals surface area contributed by atoms with Gasteiger partial charge in [0.25, 0.3) is 5.91 Å². The molecule has 32 heavy (non-hydrogen) atoms. The van der Waals surface area contributed by atoms with Gasteiger partial charge in [0, 0.05) is 24.3 Å². The van der Waals surface area contributed by atoms with E-state index in [0.717, 1.165) is 42.4 Å². The molecular formula is C24H29F3N4O. The number of halogens is 3. The monoisotopic (exact) mass is 446 g/mol. The highest BCUT2D eigenvalue weighted by atomic mass is 19.4. The number of nitrogen functional groups attached to an aromatic ring is 1. The predicted molar refractivity (Wildman–Crippen MR) is 118 cm³/mol. The van der Waals surface area contributed by atoms with Crippen LogP contribution in [0.4, 0.5) is 19.0 Å². The lowest BCUT2D eigenvalue weighted by atomic mass is 9.95. The van der Waals surface area contributed by atoms with E-state index in [-0.39, 0.29) is 23.7 Å². The van der Waals surface area contributed by atoms with Crippen molar-refractivity contribution in [3.8, 4) is 11.1 Å². The summed E-state index contributed by atoms with van der Waals surface area (Å²) in [7, 11) is 0. The number of nitrogens with zero attached hydrogens (tertiary/aromatic N) is 2. The standard InChI is InChI=1S/C24H29F3N4O/c25-24(26,27)15-31-11-10-18(14-31)16-6-8-17(9-7-16)19-12-21(22(28)29-13-19)23(32)30-20-4-2-1-3-5-20/h6-9,12-13,18,20H,1-5,10-11,14-15H2,(H2,28,29)(H,30,32). The third kappa shape index (κ3) is 5.59. The molecule has 1 saturated carbocycles. The number of nitrogens with one attached hydrogen (secondary N) is 1. The number of amides is 1. The van der Waals surface area contributed by atoms with Crippen LogP contribution < -0.4 is 11.1 Å². The number of anilines is 1. The van der Waals surface area contributed by atoms with Gasteiger partial charge >= 0.3 is 6.18 Å². The number of aromatic nitrogens is 1. The van der Waals surface area contributed by atoms with Crippen molar-refractivity contribution in [3.05, 3.63) is 47.7 Å². The molecule has 4 rings (SSSR count). The number of hydrogen-bond acceptors (Lipinski definition) is 4. The second-order valence-electron chi connectivity index (χ2n) is 8.92. The number of rotatable bonds is 5. The van der Waals surface area contributed by atoms with Crippen molar-refractivity contribution in [2.75, 3.05) is 25.4 Å². The molecule has 2 aromatic rings. The van der Waals surface area contributed by atoms with E-state index >= 15 is 0 Å². The molecule has 8 heteroatoms. The normalized spacial score (nSPS) is 20.4. The molecule has 2 fully saturated rings. The molecule has 1 unspecified atom stereocenters. The van der Waals surface area contributed by atoms with Crippen LogP contribution in [0.2, 0.25) is 0 Å². The fourth-order valence-electron chi connectivity index (χ4n) is 4.77. The first-order chi connectivity index (χ1) is 15.3. The van der Waals surface area contributed by atoms with E-state index in [1.165, 1.54) is 11.3 Å². The van der Waals surface area contributed by atoms with Crippen LogP contribution in [-0.4, -0.2) is 47.6 Å². The third-order valence-corrected chi connectivity index (χ3v) is 6.49. The van der Waals surface area contributed by atoms with E-state index < -0.39 is 12.7 Å². The molecule has 0 radical (unpaired) electrons. The summed E-state index contributed by atoms with van der Waals surface area (Å²) < 4.78 is 37.9. The predicted octanol–water partition coefficient (Wildman–Crippen LogP) is 4.74. The molecule has 2 aliphatic rings. The second kappa shape index (κ2) is 9.48. The average molecular weight is 447 g/mol. The molecule has 1 aromatic carbocycles. The lowest BCUT2D eigenvalue weighted by Crippen LogP contribution is -2.36. The van der Waals surface area contributed by atoms with Crippen molar-refractivity contribution >= 4 is 11.7 Å². The second-order valence-corrected chi connectivity index (χ2v) is 8.92. The Morgan fingerprint density at radius 1 is 1.09 bits per heavy atom. The summed E-state index contributed by atoms with van der Waals surface area (Å²) in [5.74, 6) is 0.0956. The topological polar surface area (TPSA) is 71.2 Å². The van der Waals surface area contributed by atoms with Gasteiger partial charge in [-0.25, -0.2) is 4.98 Å². The van der Waals surface area contributed by atoms with E-state index in [1.54, 1.807) is 12.3 Å². The van der Waals surface area contributed by atoms with E-state index in [9.17, 15) is 18.0 Å². The van der Waals surface area contributed by atoms with Gasteiger partial charge < -0.3 is 11.1 Å². The van der Waals surface area contributed by atoms with Crippen molar-refractivity contribution in [3.63, 3.8) is 0 Å². The summed E-state index contributed by atoms with van der Waals surface area (Å²) in [6.07, 6.45) is 3.63. The van der Waals surface area contributed by atoms with Gasteiger partial charge in [0.1, 0.15) is 5.82 Å². The number of carbonyl (C=O) groups excluding carboxylic acids is 1. The number of nitrogens with two attached hydrogens (primary N) is 1. The van der Waals surface area contributed by atoms with Gasteiger partial charge in [-0.1, -0.05) is 43.5 Å². The zero-order valence-electron chi connectivity index (χ0n) is 18.0. The third-order valence-electron chi connectivity index (χ3n) is 6.49. The molecule has 1 aromatic heterocycles. The van der Waals surface area contributed by atoms with Crippen LogP contribution in [0.5, 0.6) is 0 Å². The summed E-state index contributed by atoms with van der Waals surface area (Å²) in [4.78, 5) is 18.4. The number of likely N-dealkylation sites (tertiary alicyclic amines) is 1. The number of pyridine rings is 1. The smallest absolute Gasteiger partial charge is 0.383 e. The van der Waals surface area contributed by atoms with Crippen LogP contribution in [0.3, 0.4) is 0 Å². The Labute approximate surface area is 186 Å². The largest absolute Gasteiger partial charge is 0.401 e. The Morgan fingerprint density at radius 3 is 2.50 bits per heavy atom. The van der Waals surface area contributed by atoms with Gasteiger partial charge in [0.2, 0.25) is 0 Å². The maximum absolute atomic E-state index is 12.8. The maximum atomic E-state index is 12.8. The van der Waals surface area contributed by atoms with Gasteiger partial charge in [-0.2, -0.15) is 13.2 Å². The zero-order valence-corrected chi connectivity index (χ0v) is 18.0. The molecule has 5 nitrogen and oxygen atoms in total. The van der Waals surface area contributed by atoms with Crippen molar-refractivity contribution in [1.82, 2.24) is 15.2 Å². The fraction of sp³-hybridized carbons (Fsp3) is 0.500. The molecule has 1 amide bonds. The van der Waals surface area contributed by atoms with Crippen molar-refractivity contribution in [2.24, 2.45) is 0 Å². The number of alkyl halides is 3. The number of carbonyl (C=O) groups is 1. The first-order valence-corrected chi connectivity index (χ1v) is 11.2. The number of hydrogen-bond donors (Lipinski definition) is 2. The van der Waals surface area contributed by atoms with Gasteiger partial charge in [-0.3, -0.25) is 9.69 Å². The van der Waals surface area contributed by atoms with Crippen molar-refractivity contribution < 1.29 is 18.0 Å². The summed E-state index contributed by atoms with van der Waals surface area (Å²) in [6.45, 7) is 0.00539. The van der Waals surface area contributed by atoms with Crippen LogP contribution in [-0.2, 0) is 0 Å². The molecule has 0 spiro atoms. The lowest BCUT2D eigenvalue weighted by molar-refractivity contribution is -0.143. The van der Waals surface area contributed by atoms with Gasteiger partial charge in [-0.15, -0.1) is 0 Å². The summed E-state index contributed by atoms with van der Waals surface area (Å²) in [5, 5.41) is 3.08. The van der Waals surface area contributed by atoms with Crippen LogP contribution in [0.25, 0.3) is 11.1 Å². The highest BCUT2D eigenvalue weighted by molar-refractivity contribution is 5.99. The zero-order chi connectivity index (χ0) is 22.7. The molecule has 172 valence electrons. The van der Waals surface area contributed by atoms with Crippen LogP contribution >= 0.6 is 0 Å². The molecule has 1 atom stereocenters. The lowest BCUT2D eigenvalue weighted by Gasteiger charge is -2.23. The first kappa shape index (κ1) is 22.6. The highest BCUT2D eigenvalue weighted by Gasteiger charge is 2.34. The molecule has 3 N–H and O–H groups in total. The van der Waals surface area contributed by atoms with Crippen LogP contribution in [0.1, 0.15) is 60.4 Å². The minimum atomic E-state index is -4.16. The summed E-state index contributed by atoms with van der Waals surface area (Å²) >= 11 is 0. The number of benzene rings is 1. The van der Waals surface area contributed by atoms with E-state index in [0.29, 0.717) is 25.1 Å². The summed E-state index contributed by atoms with van der Waals surface area (Å²) in [5.41, 5.74) is 9.05. The molecule has 2 heterocycles. The van der Waals surface area contributed by atoms with E-state index in [1.807, 2.05) is 24.3 Å². The van der Waals surface area contributed by atoms with Gasteiger partial charge in [0.15, 0.2) is 0 Å². The highest BCUT2D eigenvalue weighted by Crippen LogP contribution is 2.31. The molecule has 0 bridgehead atoms. The molecule has 1 saturated heterocycles. The minimum Gasteiger partial charge on any atom is -0.383 e. The summed E-state index contributed by atoms with van der Waals surface area (Å²) in [6, 6.07) is 9.71. The van der Waals surface area contributed by atoms with Crippen molar-refractivity contribution in [2.45, 2.75) is 56.7 Å².